The van der Waals surface area contributed by atoms with Gasteiger partial charge in [0.2, 0.25) is 0 Å². The van der Waals surface area contributed by atoms with E-state index in [4.69, 9.17) is 15.0 Å². The van der Waals surface area contributed by atoms with Crippen LogP contribution in [0.1, 0.15) is 50.2 Å². The van der Waals surface area contributed by atoms with Gasteiger partial charge in [-0.05, 0) is 119 Å². The summed E-state index contributed by atoms with van der Waals surface area (Å²) in [7, 11) is 0. The molecule has 3 fully saturated rings. The molecule has 4 atom stereocenters. The molecule has 3 aliphatic rings. The van der Waals surface area contributed by atoms with Gasteiger partial charge >= 0.3 is 0 Å². The van der Waals surface area contributed by atoms with Crippen LogP contribution in [0.15, 0.2) is 104 Å². The predicted molar refractivity (Wildman–Crippen MR) is 179 cm³/mol. The fourth-order valence-electron chi connectivity index (χ4n) is 9.24. The molecule has 0 radical (unpaired) electrons. The third kappa shape index (κ3) is 4.11. The third-order valence-corrected chi connectivity index (χ3v) is 11.4. The fraction of sp³-hybridized carbons (Fsp3) is 0.250. The van der Waals surface area contributed by atoms with Crippen LogP contribution in [0, 0.1) is 28.6 Å². The molecule has 0 aliphatic heterocycles. The van der Waals surface area contributed by atoms with Crippen molar-refractivity contribution in [2.24, 2.45) is 17.3 Å². The highest BCUT2D eigenvalue weighted by Gasteiger charge is 2.65. The molecule has 6 heteroatoms. The number of hydrogen-bond donors (Lipinski definition) is 0. The van der Waals surface area contributed by atoms with E-state index in [1.807, 2.05) is 42.5 Å². The Labute approximate surface area is 268 Å². The van der Waals surface area contributed by atoms with E-state index >= 15 is 0 Å². The van der Waals surface area contributed by atoms with Crippen molar-refractivity contribution in [3.63, 3.8) is 0 Å². The molecular weight excluding hydrogens is 564 g/mol. The van der Waals surface area contributed by atoms with Crippen LogP contribution >= 0.6 is 0 Å². The molecular formula is C40H32N6. The molecule has 3 saturated carbocycles. The lowest BCUT2D eigenvalue weighted by molar-refractivity contribution is 0.195. The number of hydrogen-bond acceptors (Lipinski definition) is 6. The van der Waals surface area contributed by atoms with Gasteiger partial charge < -0.3 is 0 Å². The Bertz CT molecular complexity index is 2100. The van der Waals surface area contributed by atoms with Gasteiger partial charge in [0, 0.05) is 41.5 Å². The van der Waals surface area contributed by atoms with Crippen molar-refractivity contribution in [2.45, 2.75) is 44.4 Å². The van der Waals surface area contributed by atoms with E-state index in [2.05, 4.69) is 59.4 Å². The van der Waals surface area contributed by atoms with Gasteiger partial charge in [-0.25, -0.2) is 15.0 Å². The van der Waals surface area contributed by atoms with E-state index in [9.17, 15) is 5.26 Å². The number of fused-ring (bicyclic) bond motifs is 2. The molecule has 0 N–H and O–H groups in total. The molecule has 6 nitrogen and oxygen atoms in total. The predicted octanol–water partition coefficient (Wildman–Crippen LogP) is 8.82. The van der Waals surface area contributed by atoms with Crippen LogP contribution in [-0.2, 0) is 5.41 Å². The van der Waals surface area contributed by atoms with E-state index in [0.29, 0.717) is 33.9 Å². The average Bonchev–Trinajstić information content (AvgIpc) is 3.62. The van der Waals surface area contributed by atoms with Crippen molar-refractivity contribution in [1.29, 1.82) is 5.26 Å². The Hall–Kier alpha value is -5.28. The van der Waals surface area contributed by atoms with E-state index in [0.717, 1.165) is 50.4 Å². The number of aromatic nitrogens is 5. The summed E-state index contributed by atoms with van der Waals surface area (Å²) in [5, 5.41) is 12.1. The third-order valence-electron chi connectivity index (χ3n) is 11.4. The van der Waals surface area contributed by atoms with Crippen LogP contribution in [0.3, 0.4) is 0 Å². The topological polar surface area (TPSA) is 88.2 Å². The van der Waals surface area contributed by atoms with Crippen LogP contribution in [0.25, 0.3) is 56.1 Å². The van der Waals surface area contributed by atoms with Crippen LogP contribution in [0.4, 0.5) is 0 Å². The zero-order valence-electron chi connectivity index (χ0n) is 25.7. The first-order chi connectivity index (χ1) is 22.5. The molecule has 3 aromatic carbocycles. The Morgan fingerprint density at radius 1 is 0.652 bits per heavy atom. The highest BCUT2D eigenvalue weighted by molar-refractivity contribution is 6.04. The van der Waals surface area contributed by atoms with E-state index in [-0.39, 0.29) is 0 Å². The molecule has 2 unspecified atom stereocenters. The van der Waals surface area contributed by atoms with Crippen molar-refractivity contribution in [3.8, 4) is 51.4 Å². The maximum absolute atomic E-state index is 10.2. The zero-order chi connectivity index (χ0) is 30.9. The van der Waals surface area contributed by atoms with Gasteiger partial charge in [-0.1, -0.05) is 49.4 Å². The minimum absolute atomic E-state index is 0.334. The molecule has 0 amide bonds. The minimum Gasteiger partial charge on any atom is -0.265 e. The second kappa shape index (κ2) is 10.1. The maximum atomic E-state index is 10.2. The molecule has 222 valence electrons. The van der Waals surface area contributed by atoms with Gasteiger partial charge in [0.25, 0.3) is 0 Å². The Kier molecular flexibility index (Phi) is 5.95. The monoisotopic (exact) mass is 596 g/mol. The summed E-state index contributed by atoms with van der Waals surface area (Å²) in [6.07, 6.45) is 13.8. The Morgan fingerprint density at radius 2 is 1.26 bits per heavy atom. The largest absolute Gasteiger partial charge is 0.265 e. The van der Waals surface area contributed by atoms with Crippen molar-refractivity contribution >= 4 is 10.8 Å². The Morgan fingerprint density at radius 3 is 1.85 bits per heavy atom. The standard InChI is InChI=1S/C40H32N6/c1-39-24-40(21-30(39)9-10-31(39)22-40)29-7-5-26(6-8-29)34-19-25(23-41)20-35-32(34)3-2-4-33(35)38-45-36(27-11-15-42-16-12-27)44-37(46-38)28-13-17-43-18-14-28/h2-8,11-20,30-31H,9-10,21-22,24H2,1H3/t30-,31+,39?,40?. The maximum Gasteiger partial charge on any atom is 0.164 e. The fourth-order valence-corrected chi connectivity index (χ4v) is 9.24. The van der Waals surface area contributed by atoms with Crippen LogP contribution < -0.4 is 0 Å². The molecule has 9 rings (SSSR count). The van der Waals surface area contributed by atoms with Gasteiger partial charge in [-0.2, -0.15) is 5.26 Å². The van der Waals surface area contributed by atoms with Gasteiger partial charge in [0.05, 0.1) is 11.6 Å². The summed E-state index contributed by atoms with van der Waals surface area (Å²) < 4.78 is 0. The van der Waals surface area contributed by atoms with Gasteiger partial charge in [0.15, 0.2) is 17.5 Å². The molecule has 2 bridgehead atoms. The second-order valence-corrected chi connectivity index (χ2v) is 13.7. The molecule has 6 aromatic rings. The number of benzene rings is 3. The number of nitrogens with zero attached hydrogens (tertiary/aromatic N) is 6. The van der Waals surface area contributed by atoms with Gasteiger partial charge in [-0.15, -0.1) is 0 Å². The second-order valence-electron chi connectivity index (χ2n) is 13.7. The smallest absolute Gasteiger partial charge is 0.164 e. The minimum atomic E-state index is 0.334. The molecule has 0 spiro atoms. The highest BCUT2D eigenvalue weighted by atomic mass is 15.0. The molecule has 3 heterocycles. The molecule has 3 aliphatic carbocycles. The van der Waals surface area contributed by atoms with Crippen LogP contribution in [-0.4, -0.2) is 24.9 Å². The molecule has 0 saturated heterocycles. The normalized spacial score (nSPS) is 24.3. The zero-order valence-corrected chi connectivity index (χ0v) is 25.7. The SMILES string of the molecule is CC12CC3(c4ccc(-c5cc(C#N)cc6c(-c7nc(-c8ccncc8)nc(-c8ccncc8)n7)cccc56)cc4)C[C@H]1CC[C@H]2C3. The number of rotatable bonds is 5. The quantitative estimate of drug-likeness (QED) is 0.198. The lowest BCUT2D eigenvalue weighted by Crippen LogP contribution is -2.26. The summed E-state index contributed by atoms with van der Waals surface area (Å²) >= 11 is 0. The lowest BCUT2D eigenvalue weighted by atomic mass is 9.72. The van der Waals surface area contributed by atoms with Crippen molar-refractivity contribution in [2.75, 3.05) is 0 Å². The van der Waals surface area contributed by atoms with Crippen molar-refractivity contribution < 1.29 is 0 Å². The summed E-state index contributed by atoms with van der Waals surface area (Å²) in [6, 6.07) is 29.5. The Balaban J connectivity index is 1.17. The highest BCUT2D eigenvalue weighted by Crippen LogP contribution is 2.72. The summed E-state index contributed by atoms with van der Waals surface area (Å²) in [5.74, 6) is 3.44. The van der Waals surface area contributed by atoms with E-state index in [1.54, 1.807) is 24.8 Å². The summed E-state index contributed by atoms with van der Waals surface area (Å²) in [6.45, 7) is 2.56. The van der Waals surface area contributed by atoms with Crippen molar-refractivity contribution in [1.82, 2.24) is 24.9 Å². The summed E-state index contributed by atoms with van der Waals surface area (Å²) in [4.78, 5) is 23.1. The number of nitriles is 1. The lowest BCUT2D eigenvalue weighted by Gasteiger charge is -2.33. The molecule has 3 aromatic heterocycles. The van der Waals surface area contributed by atoms with Crippen LogP contribution in [0.2, 0.25) is 0 Å². The first kappa shape index (κ1) is 27.1. The van der Waals surface area contributed by atoms with Gasteiger partial charge in [-0.3, -0.25) is 9.97 Å². The van der Waals surface area contributed by atoms with E-state index < -0.39 is 0 Å². The van der Waals surface area contributed by atoms with Crippen LogP contribution in [0.5, 0.6) is 0 Å². The van der Waals surface area contributed by atoms with Crippen molar-refractivity contribution in [3.05, 3.63) is 115 Å². The first-order valence-corrected chi connectivity index (χ1v) is 16.2. The number of pyridine rings is 2. The van der Waals surface area contributed by atoms with E-state index in [1.165, 1.54) is 37.7 Å². The first-order valence-electron chi connectivity index (χ1n) is 16.2. The van der Waals surface area contributed by atoms with Gasteiger partial charge in [0.1, 0.15) is 0 Å². The summed E-state index contributed by atoms with van der Waals surface area (Å²) in [5.41, 5.74) is 7.69. The molecule has 46 heavy (non-hydrogen) atoms. The average molecular weight is 597 g/mol.